The van der Waals surface area contributed by atoms with Gasteiger partial charge in [0.1, 0.15) is 12.0 Å². The van der Waals surface area contributed by atoms with Crippen LogP contribution in [0.15, 0.2) is 24.7 Å². The lowest BCUT2D eigenvalue weighted by Gasteiger charge is -2.08. The SMILES string of the molecule is CC.CCC(=O)c1cc(C)c(-c2cc3nc(NC)sc3c3[nH]cnc23)cn1.O=CC1CC1. The van der Waals surface area contributed by atoms with Crippen molar-refractivity contribution in [2.75, 3.05) is 12.4 Å². The van der Waals surface area contributed by atoms with Gasteiger partial charge in [-0.05, 0) is 37.5 Å². The van der Waals surface area contributed by atoms with Gasteiger partial charge < -0.3 is 15.1 Å². The number of anilines is 1. The number of thiazole rings is 1. The van der Waals surface area contributed by atoms with Gasteiger partial charge in [0.05, 0.1) is 27.6 Å². The van der Waals surface area contributed by atoms with E-state index in [1.807, 2.05) is 46.9 Å². The monoisotopic (exact) mass is 451 g/mol. The Morgan fingerprint density at radius 1 is 1.25 bits per heavy atom. The molecule has 4 aromatic rings. The number of carbonyl (C=O) groups is 2. The van der Waals surface area contributed by atoms with Crippen LogP contribution in [-0.4, -0.2) is 39.1 Å². The first kappa shape index (κ1) is 23.5. The zero-order valence-corrected chi connectivity index (χ0v) is 20.0. The van der Waals surface area contributed by atoms with E-state index in [-0.39, 0.29) is 5.78 Å². The summed E-state index contributed by atoms with van der Waals surface area (Å²) in [6, 6.07) is 3.89. The van der Waals surface area contributed by atoms with E-state index in [0.29, 0.717) is 18.0 Å². The lowest BCUT2D eigenvalue weighted by Crippen LogP contribution is -2.01. The van der Waals surface area contributed by atoms with E-state index in [2.05, 4.69) is 25.3 Å². The van der Waals surface area contributed by atoms with E-state index in [0.717, 1.165) is 62.2 Å². The van der Waals surface area contributed by atoms with Crippen LogP contribution >= 0.6 is 11.3 Å². The van der Waals surface area contributed by atoms with Gasteiger partial charge in [-0.1, -0.05) is 32.1 Å². The minimum absolute atomic E-state index is 0.0492. The second kappa shape index (κ2) is 10.5. The van der Waals surface area contributed by atoms with Crippen molar-refractivity contribution in [3.8, 4) is 11.1 Å². The van der Waals surface area contributed by atoms with Gasteiger partial charge in [-0.2, -0.15) is 0 Å². The third kappa shape index (κ3) is 4.85. The van der Waals surface area contributed by atoms with Gasteiger partial charge >= 0.3 is 0 Å². The van der Waals surface area contributed by atoms with Crippen molar-refractivity contribution in [1.82, 2.24) is 19.9 Å². The molecule has 1 saturated carbocycles. The number of hydrogen-bond acceptors (Lipinski definition) is 7. The largest absolute Gasteiger partial charge is 0.365 e. The van der Waals surface area contributed by atoms with Crippen molar-refractivity contribution in [2.24, 2.45) is 5.92 Å². The fraction of sp³-hybridized carbons (Fsp3) is 0.375. The van der Waals surface area contributed by atoms with Crippen molar-refractivity contribution < 1.29 is 9.59 Å². The molecular weight excluding hydrogens is 422 g/mol. The Balaban J connectivity index is 0.000000359. The molecule has 5 rings (SSSR count). The molecule has 1 aromatic carbocycles. The maximum absolute atomic E-state index is 11.9. The van der Waals surface area contributed by atoms with Crippen LogP contribution in [0.4, 0.5) is 5.13 Å². The zero-order valence-electron chi connectivity index (χ0n) is 19.2. The molecule has 1 aliphatic rings. The molecule has 3 aromatic heterocycles. The van der Waals surface area contributed by atoms with Gasteiger partial charge in [0.2, 0.25) is 0 Å². The van der Waals surface area contributed by atoms with E-state index in [1.54, 1.807) is 23.9 Å². The number of benzene rings is 1. The van der Waals surface area contributed by atoms with Crippen LogP contribution in [-0.2, 0) is 4.79 Å². The first-order valence-electron chi connectivity index (χ1n) is 11.0. The van der Waals surface area contributed by atoms with E-state index >= 15 is 0 Å². The minimum atomic E-state index is 0.0492. The van der Waals surface area contributed by atoms with E-state index in [4.69, 9.17) is 0 Å². The lowest BCUT2D eigenvalue weighted by molar-refractivity contribution is -0.108. The third-order valence-corrected chi connectivity index (χ3v) is 6.20. The van der Waals surface area contributed by atoms with Crippen LogP contribution in [0, 0.1) is 12.8 Å². The molecule has 1 aliphatic carbocycles. The summed E-state index contributed by atoms with van der Waals surface area (Å²) >= 11 is 1.60. The average molecular weight is 452 g/mol. The van der Waals surface area contributed by atoms with Crippen molar-refractivity contribution in [3.05, 3.63) is 35.9 Å². The number of pyridine rings is 1. The summed E-state index contributed by atoms with van der Waals surface area (Å²) in [6.07, 6.45) is 7.23. The number of aromatic amines is 1. The Morgan fingerprint density at radius 3 is 2.56 bits per heavy atom. The Morgan fingerprint density at radius 2 is 2.00 bits per heavy atom. The number of carbonyl (C=O) groups excluding carboxylic acids is 2. The summed E-state index contributed by atoms with van der Waals surface area (Å²) in [7, 11) is 1.86. The fourth-order valence-electron chi connectivity index (χ4n) is 3.20. The molecule has 0 atom stereocenters. The van der Waals surface area contributed by atoms with Crippen LogP contribution < -0.4 is 5.32 Å². The number of nitrogens with one attached hydrogen (secondary N) is 2. The number of aldehydes is 1. The molecule has 168 valence electrons. The molecule has 3 heterocycles. The summed E-state index contributed by atoms with van der Waals surface area (Å²) in [5.41, 5.74) is 6.21. The topological polar surface area (TPSA) is 101 Å². The Labute approximate surface area is 191 Å². The van der Waals surface area contributed by atoms with Crippen LogP contribution in [0.5, 0.6) is 0 Å². The quantitative estimate of drug-likeness (QED) is 0.294. The van der Waals surface area contributed by atoms with Gasteiger partial charge in [-0.25, -0.2) is 9.97 Å². The first-order valence-corrected chi connectivity index (χ1v) is 11.8. The molecule has 0 saturated heterocycles. The normalized spacial score (nSPS) is 12.5. The highest BCUT2D eigenvalue weighted by Crippen LogP contribution is 2.37. The summed E-state index contributed by atoms with van der Waals surface area (Å²) in [4.78, 5) is 38.2. The molecular formula is C24H29N5O2S. The van der Waals surface area contributed by atoms with Crippen LogP contribution in [0.2, 0.25) is 0 Å². The Kier molecular flexibility index (Phi) is 7.69. The number of aromatic nitrogens is 4. The molecule has 0 aliphatic heterocycles. The van der Waals surface area contributed by atoms with Gasteiger partial charge in [0.15, 0.2) is 10.9 Å². The van der Waals surface area contributed by atoms with Gasteiger partial charge in [0, 0.05) is 36.7 Å². The average Bonchev–Trinajstić information content (AvgIpc) is 3.38. The van der Waals surface area contributed by atoms with E-state index < -0.39 is 0 Å². The summed E-state index contributed by atoms with van der Waals surface area (Å²) in [5, 5.41) is 3.96. The molecule has 2 N–H and O–H groups in total. The van der Waals surface area contributed by atoms with Crippen molar-refractivity contribution in [1.29, 1.82) is 0 Å². The summed E-state index contributed by atoms with van der Waals surface area (Å²) < 4.78 is 1.07. The fourth-order valence-corrected chi connectivity index (χ4v) is 4.11. The maximum Gasteiger partial charge on any atom is 0.183 e. The highest BCUT2D eigenvalue weighted by atomic mass is 32.1. The van der Waals surface area contributed by atoms with Crippen LogP contribution in [0.3, 0.4) is 0 Å². The lowest BCUT2D eigenvalue weighted by atomic mass is 9.99. The molecule has 7 nitrogen and oxygen atoms in total. The molecule has 8 heteroatoms. The molecule has 1 fully saturated rings. The van der Waals surface area contributed by atoms with Crippen molar-refractivity contribution >= 4 is 49.8 Å². The number of rotatable bonds is 5. The van der Waals surface area contributed by atoms with Crippen LogP contribution in [0.1, 0.15) is 56.1 Å². The molecule has 0 radical (unpaired) electrons. The predicted octanol–water partition coefficient (Wildman–Crippen LogP) is 5.80. The minimum Gasteiger partial charge on any atom is -0.365 e. The van der Waals surface area contributed by atoms with Gasteiger partial charge in [-0.3, -0.25) is 9.78 Å². The second-order valence-electron chi connectivity index (χ2n) is 7.30. The van der Waals surface area contributed by atoms with E-state index in [1.165, 1.54) is 0 Å². The molecule has 32 heavy (non-hydrogen) atoms. The number of ketones is 1. The van der Waals surface area contributed by atoms with Crippen molar-refractivity contribution in [3.63, 3.8) is 0 Å². The first-order chi connectivity index (χ1) is 15.5. The summed E-state index contributed by atoms with van der Waals surface area (Å²) in [6.45, 7) is 7.84. The van der Waals surface area contributed by atoms with Gasteiger partial charge in [-0.15, -0.1) is 0 Å². The Bertz CT molecular complexity index is 1240. The molecule has 0 spiro atoms. The standard InChI is InChI=1S/C18H17N5OS.C4H6O.C2H6/c1-4-14(24)12-5-9(2)11(7-20-12)10-6-13-17(25-18(19-3)23-13)16-15(10)21-8-22-16;5-3-4-1-2-4;1-2/h5-8H,4H2,1-3H3,(H,19,23)(H,21,22);3-4H,1-2H2;1-2H3. The predicted molar refractivity (Wildman–Crippen MR) is 132 cm³/mol. The smallest absolute Gasteiger partial charge is 0.183 e. The van der Waals surface area contributed by atoms with Crippen LogP contribution in [0.25, 0.3) is 32.4 Å². The third-order valence-electron chi connectivity index (χ3n) is 5.09. The maximum atomic E-state index is 11.9. The number of H-pyrrole nitrogens is 1. The number of fused-ring (bicyclic) bond motifs is 3. The number of nitrogens with zero attached hydrogens (tertiary/aromatic N) is 3. The highest BCUT2D eigenvalue weighted by Gasteiger charge is 2.19. The molecule has 0 unspecified atom stereocenters. The Hall–Kier alpha value is -3.13. The number of aryl methyl sites for hydroxylation is 1. The second-order valence-corrected chi connectivity index (χ2v) is 8.30. The van der Waals surface area contributed by atoms with Crippen molar-refractivity contribution in [2.45, 2.75) is 47.0 Å². The van der Waals surface area contributed by atoms with Gasteiger partial charge in [0.25, 0.3) is 0 Å². The van der Waals surface area contributed by atoms with E-state index in [9.17, 15) is 9.59 Å². The number of imidazole rings is 1. The number of Topliss-reactive ketones (excluding diaryl/α,β-unsaturated/α-hetero) is 1. The highest BCUT2D eigenvalue weighted by molar-refractivity contribution is 7.23. The zero-order chi connectivity index (χ0) is 23.3. The number of hydrogen-bond donors (Lipinski definition) is 2. The summed E-state index contributed by atoms with van der Waals surface area (Å²) in [5.74, 6) is 0.503. The molecule has 0 bridgehead atoms. The molecule has 0 amide bonds.